The Balaban J connectivity index is 1.64. The molecule has 0 saturated heterocycles. The van der Waals surface area contributed by atoms with Crippen molar-refractivity contribution in [2.24, 2.45) is 0 Å². The average Bonchev–Trinajstić information content (AvgIpc) is 2.73. The van der Waals surface area contributed by atoms with Gasteiger partial charge in [0.2, 0.25) is 0 Å². The molecule has 0 aliphatic heterocycles. The van der Waals surface area contributed by atoms with E-state index < -0.39 is 6.10 Å². The summed E-state index contributed by atoms with van der Waals surface area (Å²) in [6.45, 7) is 0.775. The number of nitrogens with one attached hydrogen (secondary N) is 1. The van der Waals surface area contributed by atoms with Crippen LogP contribution < -0.4 is 10.1 Å². The van der Waals surface area contributed by atoms with Crippen LogP contribution in [0, 0.1) is 5.82 Å². The van der Waals surface area contributed by atoms with Gasteiger partial charge in [0, 0.05) is 12.6 Å². The number of rotatable bonds is 6. The molecule has 1 saturated carbocycles. The molecule has 2 N–H and O–H groups in total. The number of hydrogen-bond donors (Lipinski definition) is 2. The Bertz CT molecular complexity index is 375. The van der Waals surface area contributed by atoms with Crippen LogP contribution in [-0.4, -0.2) is 30.4 Å². The van der Waals surface area contributed by atoms with E-state index in [4.69, 9.17) is 4.74 Å². The molecule has 1 aliphatic carbocycles. The summed E-state index contributed by atoms with van der Waals surface area (Å²) in [7, 11) is 0. The van der Waals surface area contributed by atoms with E-state index in [0.717, 1.165) is 0 Å². The summed E-state index contributed by atoms with van der Waals surface area (Å²) in [6.07, 6.45) is 7.07. The van der Waals surface area contributed by atoms with E-state index in [1.54, 1.807) is 12.1 Å². The molecule has 1 aromatic rings. The van der Waals surface area contributed by atoms with Crippen LogP contribution in [0.1, 0.15) is 38.5 Å². The minimum Gasteiger partial charge on any atom is -0.491 e. The highest BCUT2D eigenvalue weighted by atomic mass is 19.1. The van der Waals surface area contributed by atoms with Crippen LogP contribution in [0.5, 0.6) is 5.75 Å². The number of aliphatic hydroxyl groups is 1. The normalized spacial score (nSPS) is 18.5. The highest BCUT2D eigenvalue weighted by Crippen LogP contribution is 2.17. The SMILES string of the molecule is OC(CNC1CCCCCC1)COc1ccc(F)cc1. The monoisotopic (exact) mass is 281 g/mol. The Kier molecular flexibility index (Phi) is 6.27. The highest BCUT2D eigenvalue weighted by molar-refractivity contribution is 5.22. The molecular formula is C16H24FNO2. The molecule has 0 amide bonds. The first-order valence-electron chi connectivity index (χ1n) is 7.54. The summed E-state index contributed by atoms with van der Waals surface area (Å²) in [5, 5.41) is 13.3. The van der Waals surface area contributed by atoms with Crippen LogP contribution >= 0.6 is 0 Å². The molecule has 1 fully saturated rings. The molecule has 0 heterocycles. The Labute approximate surface area is 120 Å². The van der Waals surface area contributed by atoms with Crippen molar-refractivity contribution >= 4 is 0 Å². The lowest BCUT2D eigenvalue weighted by atomic mass is 10.1. The lowest BCUT2D eigenvalue weighted by Gasteiger charge is -2.19. The number of aliphatic hydroxyl groups excluding tert-OH is 1. The number of ether oxygens (including phenoxy) is 1. The van der Waals surface area contributed by atoms with Crippen molar-refractivity contribution in [2.75, 3.05) is 13.2 Å². The number of benzene rings is 1. The number of halogens is 1. The maximum absolute atomic E-state index is 12.7. The van der Waals surface area contributed by atoms with Gasteiger partial charge in [0.05, 0.1) is 0 Å². The largest absolute Gasteiger partial charge is 0.491 e. The third-order valence-electron chi connectivity index (χ3n) is 3.75. The summed E-state index contributed by atoms with van der Waals surface area (Å²) in [6, 6.07) is 6.37. The Hall–Kier alpha value is -1.13. The van der Waals surface area contributed by atoms with Gasteiger partial charge >= 0.3 is 0 Å². The van der Waals surface area contributed by atoms with Gasteiger partial charge in [-0.05, 0) is 37.1 Å². The summed E-state index contributed by atoms with van der Waals surface area (Å²) < 4.78 is 18.2. The van der Waals surface area contributed by atoms with Gasteiger partial charge in [-0.15, -0.1) is 0 Å². The second kappa shape index (κ2) is 8.22. The van der Waals surface area contributed by atoms with Crippen molar-refractivity contribution in [3.05, 3.63) is 30.1 Å². The Morgan fingerprint density at radius 3 is 2.45 bits per heavy atom. The van der Waals surface area contributed by atoms with Gasteiger partial charge in [-0.25, -0.2) is 4.39 Å². The summed E-state index contributed by atoms with van der Waals surface area (Å²) in [5.41, 5.74) is 0. The standard InChI is InChI=1S/C16H24FNO2/c17-13-7-9-16(10-8-13)20-12-15(19)11-18-14-5-3-1-2-4-6-14/h7-10,14-15,18-19H,1-6,11-12H2. The van der Waals surface area contributed by atoms with Crippen LogP contribution in [0.2, 0.25) is 0 Å². The summed E-state index contributed by atoms with van der Waals surface area (Å²) >= 11 is 0. The fraction of sp³-hybridized carbons (Fsp3) is 0.625. The zero-order chi connectivity index (χ0) is 14.2. The molecule has 3 nitrogen and oxygen atoms in total. The van der Waals surface area contributed by atoms with Crippen LogP contribution in [0.4, 0.5) is 4.39 Å². The van der Waals surface area contributed by atoms with Crippen LogP contribution in [0.25, 0.3) is 0 Å². The first-order valence-corrected chi connectivity index (χ1v) is 7.54. The molecule has 1 aliphatic rings. The fourth-order valence-corrected chi connectivity index (χ4v) is 2.57. The van der Waals surface area contributed by atoms with E-state index in [1.807, 2.05) is 0 Å². The van der Waals surface area contributed by atoms with Gasteiger partial charge in [0.25, 0.3) is 0 Å². The molecule has 112 valence electrons. The maximum Gasteiger partial charge on any atom is 0.123 e. The van der Waals surface area contributed by atoms with Gasteiger partial charge in [0.1, 0.15) is 24.3 Å². The third-order valence-corrected chi connectivity index (χ3v) is 3.75. The molecule has 20 heavy (non-hydrogen) atoms. The van der Waals surface area contributed by atoms with Crippen molar-refractivity contribution in [3.8, 4) is 5.75 Å². The van der Waals surface area contributed by atoms with E-state index in [2.05, 4.69) is 5.32 Å². The smallest absolute Gasteiger partial charge is 0.123 e. The first-order chi connectivity index (χ1) is 9.74. The Morgan fingerprint density at radius 1 is 1.15 bits per heavy atom. The minimum absolute atomic E-state index is 0.228. The van der Waals surface area contributed by atoms with Crippen LogP contribution in [0.15, 0.2) is 24.3 Å². The predicted molar refractivity (Wildman–Crippen MR) is 77.4 cm³/mol. The topological polar surface area (TPSA) is 41.5 Å². The quantitative estimate of drug-likeness (QED) is 0.788. The molecule has 1 unspecified atom stereocenters. The molecule has 0 radical (unpaired) electrons. The molecule has 1 atom stereocenters. The zero-order valence-corrected chi connectivity index (χ0v) is 11.9. The summed E-state index contributed by atoms with van der Waals surface area (Å²) in [5.74, 6) is 0.299. The lowest BCUT2D eigenvalue weighted by Crippen LogP contribution is -2.37. The van der Waals surface area contributed by atoms with Gasteiger partial charge in [-0.3, -0.25) is 0 Å². The molecule has 2 rings (SSSR count). The third kappa shape index (κ3) is 5.47. The van der Waals surface area contributed by atoms with Gasteiger partial charge in [0.15, 0.2) is 0 Å². The maximum atomic E-state index is 12.7. The van der Waals surface area contributed by atoms with E-state index in [0.29, 0.717) is 18.3 Å². The zero-order valence-electron chi connectivity index (χ0n) is 11.9. The molecule has 0 aromatic heterocycles. The van der Waals surface area contributed by atoms with E-state index in [-0.39, 0.29) is 12.4 Å². The predicted octanol–water partition coefficient (Wildman–Crippen LogP) is 2.88. The molecular weight excluding hydrogens is 257 g/mol. The van der Waals surface area contributed by atoms with Gasteiger partial charge in [-0.1, -0.05) is 25.7 Å². The minimum atomic E-state index is -0.539. The average molecular weight is 281 g/mol. The first kappa shape index (κ1) is 15.3. The molecule has 4 heteroatoms. The van der Waals surface area contributed by atoms with Crippen molar-refractivity contribution in [1.82, 2.24) is 5.32 Å². The Morgan fingerprint density at radius 2 is 1.80 bits per heavy atom. The van der Waals surface area contributed by atoms with E-state index in [1.165, 1.54) is 50.7 Å². The van der Waals surface area contributed by atoms with Gasteiger partial charge in [-0.2, -0.15) is 0 Å². The van der Waals surface area contributed by atoms with Crippen molar-refractivity contribution < 1.29 is 14.2 Å². The van der Waals surface area contributed by atoms with Crippen LogP contribution in [-0.2, 0) is 0 Å². The van der Waals surface area contributed by atoms with Crippen LogP contribution in [0.3, 0.4) is 0 Å². The van der Waals surface area contributed by atoms with Gasteiger partial charge < -0.3 is 15.2 Å². The molecule has 0 spiro atoms. The second-order valence-electron chi connectivity index (χ2n) is 5.52. The molecule has 1 aromatic carbocycles. The van der Waals surface area contributed by atoms with E-state index in [9.17, 15) is 9.50 Å². The second-order valence-corrected chi connectivity index (χ2v) is 5.52. The summed E-state index contributed by atoms with van der Waals surface area (Å²) in [4.78, 5) is 0. The lowest BCUT2D eigenvalue weighted by molar-refractivity contribution is 0.103. The van der Waals surface area contributed by atoms with Crippen molar-refractivity contribution in [2.45, 2.75) is 50.7 Å². The number of hydrogen-bond acceptors (Lipinski definition) is 3. The van der Waals surface area contributed by atoms with Crippen molar-refractivity contribution in [1.29, 1.82) is 0 Å². The van der Waals surface area contributed by atoms with E-state index >= 15 is 0 Å². The fourth-order valence-electron chi connectivity index (χ4n) is 2.57. The molecule has 0 bridgehead atoms. The van der Waals surface area contributed by atoms with Crippen molar-refractivity contribution in [3.63, 3.8) is 0 Å². The highest BCUT2D eigenvalue weighted by Gasteiger charge is 2.13.